The van der Waals surface area contributed by atoms with Crippen LogP contribution in [0.5, 0.6) is 0 Å². The van der Waals surface area contributed by atoms with E-state index in [9.17, 15) is 4.79 Å². The Labute approximate surface area is 128 Å². The van der Waals surface area contributed by atoms with Crippen LogP contribution >= 0.6 is 0 Å². The molecule has 1 nitrogen and oxygen atoms in total. The van der Waals surface area contributed by atoms with Gasteiger partial charge in [-0.25, -0.2) is 0 Å². The molecule has 0 aliphatic heterocycles. The third-order valence-corrected chi connectivity index (χ3v) is 4.78. The summed E-state index contributed by atoms with van der Waals surface area (Å²) in [7, 11) is 0. The molecule has 0 saturated heterocycles. The first-order valence-electron chi connectivity index (χ1n) is 7.44. The van der Waals surface area contributed by atoms with Crippen LogP contribution < -0.4 is 0 Å². The molecule has 21 heavy (non-hydrogen) atoms. The zero-order valence-corrected chi connectivity index (χ0v) is 13.6. The molecule has 2 aromatic carbocycles. The molecule has 0 amide bonds. The zero-order chi connectivity index (χ0) is 15.7. The molecule has 1 heteroatoms. The summed E-state index contributed by atoms with van der Waals surface area (Å²) in [5.41, 5.74) is 2.97. The zero-order valence-electron chi connectivity index (χ0n) is 13.6. The molecule has 0 fully saturated rings. The summed E-state index contributed by atoms with van der Waals surface area (Å²) < 4.78 is 0. The van der Waals surface area contributed by atoms with Gasteiger partial charge >= 0.3 is 0 Å². The lowest BCUT2D eigenvalue weighted by atomic mass is 9.65. The summed E-state index contributed by atoms with van der Waals surface area (Å²) in [5.74, 6) is 0.0794. The standard InChI is InChI=1S/C20H24O/c1-19(2,3)20(4,5)17-13-11-16(12-14-17)18(21)15-9-7-6-8-10-15/h6-14H,1-5H3. The van der Waals surface area contributed by atoms with Gasteiger partial charge in [0.05, 0.1) is 0 Å². The quantitative estimate of drug-likeness (QED) is 0.702. The van der Waals surface area contributed by atoms with E-state index in [0.29, 0.717) is 0 Å². The van der Waals surface area contributed by atoms with E-state index in [1.54, 1.807) is 0 Å². The summed E-state index contributed by atoms with van der Waals surface area (Å²) in [6, 6.07) is 17.5. The second kappa shape index (κ2) is 5.48. The van der Waals surface area contributed by atoms with Crippen LogP contribution in [0.1, 0.15) is 56.1 Å². The average molecular weight is 280 g/mol. The van der Waals surface area contributed by atoms with Gasteiger partial charge in [-0.05, 0) is 16.4 Å². The number of rotatable bonds is 3. The maximum atomic E-state index is 12.4. The van der Waals surface area contributed by atoms with E-state index in [2.05, 4.69) is 46.8 Å². The minimum Gasteiger partial charge on any atom is -0.289 e. The summed E-state index contributed by atoms with van der Waals surface area (Å²) in [6.07, 6.45) is 0. The second-order valence-electron chi connectivity index (χ2n) is 7.15. The van der Waals surface area contributed by atoms with Crippen LogP contribution in [0.4, 0.5) is 0 Å². The van der Waals surface area contributed by atoms with Crippen LogP contribution in [0.2, 0.25) is 0 Å². The Bertz CT molecular complexity index is 613. The highest BCUT2D eigenvalue weighted by molar-refractivity contribution is 6.08. The van der Waals surface area contributed by atoms with Crippen molar-refractivity contribution in [1.29, 1.82) is 0 Å². The van der Waals surface area contributed by atoms with Gasteiger partial charge in [0.15, 0.2) is 5.78 Å². The van der Waals surface area contributed by atoms with Crippen molar-refractivity contribution < 1.29 is 4.79 Å². The number of carbonyl (C=O) groups is 1. The van der Waals surface area contributed by atoms with E-state index in [1.807, 2.05) is 42.5 Å². The van der Waals surface area contributed by atoms with Crippen molar-refractivity contribution >= 4 is 5.78 Å². The van der Waals surface area contributed by atoms with Gasteiger partial charge in [0.1, 0.15) is 0 Å². The van der Waals surface area contributed by atoms with Crippen molar-refractivity contribution in [2.45, 2.75) is 40.0 Å². The van der Waals surface area contributed by atoms with E-state index in [4.69, 9.17) is 0 Å². The van der Waals surface area contributed by atoms with Crippen LogP contribution in [-0.4, -0.2) is 5.78 Å². The average Bonchev–Trinajstić information content (AvgIpc) is 2.46. The van der Waals surface area contributed by atoms with Crippen molar-refractivity contribution in [2.75, 3.05) is 0 Å². The van der Waals surface area contributed by atoms with E-state index < -0.39 is 0 Å². The molecule has 0 atom stereocenters. The van der Waals surface area contributed by atoms with Crippen LogP contribution in [-0.2, 0) is 5.41 Å². The number of ketones is 1. The van der Waals surface area contributed by atoms with Crippen molar-refractivity contribution in [3.05, 3.63) is 71.3 Å². The third-order valence-electron chi connectivity index (χ3n) is 4.78. The summed E-state index contributed by atoms with van der Waals surface area (Å²) in [6.45, 7) is 11.2. The van der Waals surface area contributed by atoms with Crippen molar-refractivity contribution in [3.63, 3.8) is 0 Å². The molecule has 0 aromatic heterocycles. The summed E-state index contributed by atoms with van der Waals surface area (Å²) >= 11 is 0. The number of carbonyl (C=O) groups excluding carboxylic acids is 1. The monoisotopic (exact) mass is 280 g/mol. The van der Waals surface area contributed by atoms with Gasteiger partial charge in [-0.15, -0.1) is 0 Å². The number of hydrogen-bond acceptors (Lipinski definition) is 1. The minimum atomic E-state index is 0.0569. The second-order valence-corrected chi connectivity index (χ2v) is 7.15. The predicted octanol–water partition coefficient (Wildman–Crippen LogP) is 5.24. The first kappa shape index (κ1) is 15.5. The molecule has 2 rings (SSSR count). The Morgan fingerprint density at radius 3 is 1.67 bits per heavy atom. The van der Waals surface area contributed by atoms with Crippen molar-refractivity contribution in [1.82, 2.24) is 0 Å². The van der Waals surface area contributed by atoms with E-state index in [0.717, 1.165) is 11.1 Å². The van der Waals surface area contributed by atoms with Gasteiger partial charge < -0.3 is 0 Å². The third kappa shape index (κ3) is 3.07. The molecule has 0 aliphatic rings. The smallest absolute Gasteiger partial charge is 0.193 e. The molecule has 110 valence electrons. The van der Waals surface area contributed by atoms with Gasteiger partial charge in [-0.1, -0.05) is 89.2 Å². The highest BCUT2D eigenvalue weighted by Crippen LogP contribution is 2.40. The van der Waals surface area contributed by atoms with Crippen LogP contribution in [0.15, 0.2) is 54.6 Å². The number of benzene rings is 2. The van der Waals surface area contributed by atoms with Crippen LogP contribution in [0.25, 0.3) is 0 Å². The maximum Gasteiger partial charge on any atom is 0.193 e. The number of hydrogen-bond donors (Lipinski definition) is 0. The van der Waals surface area contributed by atoms with Crippen LogP contribution in [0, 0.1) is 5.41 Å². The van der Waals surface area contributed by atoms with E-state index >= 15 is 0 Å². The molecule has 0 radical (unpaired) electrons. The lowest BCUT2D eigenvalue weighted by Gasteiger charge is -2.39. The summed E-state index contributed by atoms with van der Waals surface area (Å²) in [4.78, 5) is 12.4. The minimum absolute atomic E-state index is 0.0569. The largest absolute Gasteiger partial charge is 0.289 e. The Hall–Kier alpha value is -1.89. The topological polar surface area (TPSA) is 17.1 Å². The molecule has 0 unspecified atom stereocenters. The Morgan fingerprint density at radius 2 is 1.19 bits per heavy atom. The van der Waals surface area contributed by atoms with E-state index in [-0.39, 0.29) is 16.6 Å². The predicted molar refractivity (Wildman–Crippen MR) is 88.8 cm³/mol. The normalized spacial score (nSPS) is 12.2. The first-order valence-corrected chi connectivity index (χ1v) is 7.44. The van der Waals surface area contributed by atoms with Crippen molar-refractivity contribution in [3.8, 4) is 0 Å². The molecule has 0 spiro atoms. The maximum absolute atomic E-state index is 12.4. The fraction of sp³-hybridized carbons (Fsp3) is 0.350. The van der Waals surface area contributed by atoms with Gasteiger partial charge in [0.25, 0.3) is 0 Å². The van der Waals surface area contributed by atoms with Gasteiger partial charge in [-0.3, -0.25) is 4.79 Å². The molecule has 0 bridgehead atoms. The van der Waals surface area contributed by atoms with Crippen molar-refractivity contribution in [2.24, 2.45) is 5.41 Å². The first-order chi connectivity index (χ1) is 9.73. The molecule has 0 heterocycles. The Balaban J connectivity index is 2.30. The van der Waals surface area contributed by atoms with Crippen LogP contribution in [0.3, 0.4) is 0 Å². The van der Waals surface area contributed by atoms with E-state index in [1.165, 1.54) is 5.56 Å². The Morgan fingerprint density at radius 1 is 0.714 bits per heavy atom. The molecule has 2 aromatic rings. The van der Waals surface area contributed by atoms with Gasteiger partial charge in [0, 0.05) is 11.1 Å². The van der Waals surface area contributed by atoms with Gasteiger partial charge in [0.2, 0.25) is 0 Å². The molecule has 0 N–H and O–H groups in total. The lowest BCUT2D eigenvalue weighted by molar-refractivity contribution is 0.103. The SMILES string of the molecule is CC(C)(C)C(C)(C)c1ccc(C(=O)c2ccccc2)cc1. The highest BCUT2D eigenvalue weighted by Gasteiger charge is 2.34. The molecule has 0 saturated carbocycles. The molecular formula is C20H24O. The fourth-order valence-electron chi connectivity index (χ4n) is 2.23. The van der Waals surface area contributed by atoms with Gasteiger partial charge in [-0.2, -0.15) is 0 Å². The fourth-order valence-corrected chi connectivity index (χ4v) is 2.23. The highest BCUT2D eigenvalue weighted by atomic mass is 16.1. The Kier molecular flexibility index (Phi) is 4.04. The summed E-state index contributed by atoms with van der Waals surface area (Å²) in [5, 5.41) is 0. The molecule has 0 aliphatic carbocycles. The molecular weight excluding hydrogens is 256 g/mol. The lowest BCUT2D eigenvalue weighted by Crippen LogP contribution is -2.33.